The number of hydrogen-bond acceptors (Lipinski definition) is 3. The zero-order valence-corrected chi connectivity index (χ0v) is 11.0. The molecule has 19 heavy (non-hydrogen) atoms. The molecular weight excluding hydrogens is 247 g/mol. The summed E-state index contributed by atoms with van der Waals surface area (Å²) in [4.78, 5) is 12.1. The number of halogens is 1. The number of carbonyl (C=O) groups excluding carboxylic acids is 1. The van der Waals surface area contributed by atoms with Gasteiger partial charge in [-0.05, 0) is 32.0 Å². The molecule has 0 saturated heterocycles. The Hall–Kier alpha value is -2.37. The second-order valence-corrected chi connectivity index (χ2v) is 4.36. The van der Waals surface area contributed by atoms with Crippen molar-refractivity contribution in [1.82, 2.24) is 9.78 Å². The predicted molar refractivity (Wildman–Crippen MR) is 71.4 cm³/mol. The predicted octanol–water partition coefficient (Wildman–Crippen LogP) is 2.01. The number of aryl methyl sites for hydroxylation is 2. The van der Waals surface area contributed by atoms with Crippen LogP contribution in [0.25, 0.3) is 0 Å². The number of amides is 1. The molecule has 3 N–H and O–H groups in total. The summed E-state index contributed by atoms with van der Waals surface area (Å²) in [7, 11) is 1.75. The van der Waals surface area contributed by atoms with Crippen LogP contribution in [0.5, 0.6) is 0 Å². The Balaban J connectivity index is 2.31. The van der Waals surface area contributed by atoms with Gasteiger partial charge in [-0.1, -0.05) is 0 Å². The van der Waals surface area contributed by atoms with Crippen LogP contribution in [-0.2, 0) is 7.05 Å². The summed E-state index contributed by atoms with van der Waals surface area (Å²) in [6.45, 7) is 3.52. The minimum Gasteiger partial charge on any atom is -0.399 e. The standard InChI is InChI=1S/C13H15FN4O/c1-7-12(8(2)18(3)17-7)13(19)16-11-5-4-9(15)6-10(11)14/h4-6H,15H2,1-3H3,(H,16,19). The summed E-state index contributed by atoms with van der Waals surface area (Å²) in [5.41, 5.74) is 7.65. The molecule has 0 bridgehead atoms. The van der Waals surface area contributed by atoms with Gasteiger partial charge in [-0.25, -0.2) is 4.39 Å². The molecule has 0 aliphatic carbocycles. The van der Waals surface area contributed by atoms with E-state index in [1.807, 2.05) is 0 Å². The Bertz CT molecular complexity index is 648. The van der Waals surface area contributed by atoms with Gasteiger partial charge in [-0.15, -0.1) is 0 Å². The van der Waals surface area contributed by atoms with E-state index in [1.54, 1.807) is 25.6 Å². The van der Waals surface area contributed by atoms with E-state index in [2.05, 4.69) is 10.4 Å². The quantitative estimate of drug-likeness (QED) is 0.813. The lowest BCUT2D eigenvalue weighted by atomic mass is 10.1. The molecule has 0 fully saturated rings. The SMILES string of the molecule is Cc1nn(C)c(C)c1C(=O)Nc1ccc(N)cc1F. The van der Waals surface area contributed by atoms with Crippen molar-refractivity contribution < 1.29 is 9.18 Å². The summed E-state index contributed by atoms with van der Waals surface area (Å²) >= 11 is 0. The highest BCUT2D eigenvalue weighted by atomic mass is 19.1. The van der Waals surface area contributed by atoms with Crippen LogP contribution in [0.1, 0.15) is 21.7 Å². The van der Waals surface area contributed by atoms with Crippen molar-refractivity contribution in [2.45, 2.75) is 13.8 Å². The largest absolute Gasteiger partial charge is 0.399 e. The highest BCUT2D eigenvalue weighted by Gasteiger charge is 2.18. The molecule has 0 saturated carbocycles. The maximum absolute atomic E-state index is 13.6. The monoisotopic (exact) mass is 262 g/mol. The van der Waals surface area contributed by atoms with Crippen LogP contribution < -0.4 is 11.1 Å². The van der Waals surface area contributed by atoms with Gasteiger partial charge < -0.3 is 11.1 Å². The molecule has 0 spiro atoms. The number of rotatable bonds is 2. The number of carbonyl (C=O) groups is 1. The van der Waals surface area contributed by atoms with E-state index in [1.165, 1.54) is 18.2 Å². The molecule has 1 heterocycles. The van der Waals surface area contributed by atoms with E-state index >= 15 is 0 Å². The van der Waals surface area contributed by atoms with Crippen molar-refractivity contribution in [2.75, 3.05) is 11.1 Å². The van der Waals surface area contributed by atoms with E-state index < -0.39 is 5.82 Å². The molecule has 1 amide bonds. The van der Waals surface area contributed by atoms with Crippen LogP contribution in [0.15, 0.2) is 18.2 Å². The van der Waals surface area contributed by atoms with E-state index in [0.29, 0.717) is 16.9 Å². The van der Waals surface area contributed by atoms with Crippen LogP contribution >= 0.6 is 0 Å². The van der Waals surface area contributed by atoms with E-state index in [9.17, 15) is 9.18 Å². The fraction of sp³-hybridized carbons (Fsp3) is 0.231. The van der Waals surface area contributed by atoms with Gasteiger partial charge in [0.15, 0.2) is 0 Å². The summed E-state index contributed by atoms with van der Waals surface area (Å²) in [5.74, 6) is -0.945. The van der Waals surface area contributed by atoms with E-state index in [4.69, 9.17) is 5.73 Å². The van der Waals surface area contributed by atoms with Crippen LogP contribution in [0.3, 0.4) is 0 Å². The van der Waals surface area contributed by atoms with Gasteiger partial charge >= 0.3 is 0 Å². The minimum atomic E-state index is -0.562. The lowest BCUT2D eigenvalue weighted by Gasteiger charge is -2.07. The van der Waals surface area contributed by atoms with Gasteiger partial charge in [-0.3, -0.25) is 9.48 Å². The first-order valence-corrected chi connectivity index (χ1v) is 5.76. The highest BCUT2D eigenvalue weighted by molar-refractivity contribution is 6.06. The summed E-state index contributed by atoms with van der Waals surface area (Å²) < 4.78 is 15.2. The number of nitrogen functional groups attached to an aromatic ring is 1. The number of aromatic nitrogens is 2. The van der Waals surface area contributed by atoms with Crippen LogP contribution in [-0.4, -0.2) is 15.7 Å². The highest BCUT2D eigenvalue weighted by Crippen LogP contribution is 2.19. The summed E-state index contributed by atoms with van der Waals surface area (Å²) in [6, 6.07) is 4.13. The van der Waals surface area contributed by atoms with Crippen molar-refractivity contribution in [1.29, 1.82) is 0 Å². The Kier molecular flexibility index (Phi) is 3.25. The van der Waals surface area contributed by atoms with Crippen molar-refractivity contribution in [3.63, 3.8) is 0 Å². The topological polar surface area (TPSA) is 72.9 Å². The molecule has 5 nitrogen and oxygen atoms in total. The maximum atomic E-state index is 13.6. The summed E-state index contributed by atoms with van der Waals surface area (Å²) in [6.07, 6.45) is 0. The Labute approximate surface area is 110 Å². The molecule has 0 aliphatic rings. The molecule has 1 aromatic heterocycles. The molecule has 0 radical (unpaired) electrons. The van der Waals surface area contributed by atoms with Gasteiger partial charge in [0.25, 0.3) is 5.91 Å². The first kappa shape index (κ1) is 13.1. The second kappa shape index (κ2) is 4.72. The van der Waals surface area contributed by atoms with Crippen molar-refractivity contribution in [3.8, 4) is 0 Å². The van der Waals surface area contributed by atoms with E-state index in [0.717, 1.165) is 5.69 Å². The van der Waals surface area contributed by atoms with Crippen molar-refractivity contribution in [3.05, 3.63) is 41.0 Å². The third-order valence-electron chi connectivity index (χ3n) is 2.98. The summed E-state index contributed by atoms with van der Waals surface area (Å²) in [5, 5.41) is 6.68. The minimum absolute atomic E-state index is 0.0989. The van der Waals surface area contributed by atoms with Gasteiger partial charge in [0.1, 0.15) is 5.82 Å². The number of benzene rings is 1. The second-order valence-electron chi connectivity index (χ2n) is 4.36. The Morgan fingerprint density at radius 1 is 1.42 bits per heavy atom. The van der Waals surface area contributed by atoms with Crippen LogP contribution in [0.4, 0.5) is 15.8 Å². The first-order chi connectivity index (χ1) is 8.90. The molecular formula is C13H15FN4O. The smallest absolute Gasteiger partial charge is 0.259 e. The van der Waals surface area contributed by atoms with Gasteiger partial charge in [0.2, 0.25) is 0 Å². The average Bonchev–Trinajstić information content (AvgIpc) is 2.57. The zero-order valence-electron chi connectivity index (χ0n) is 11.0. The number of nitrogens with one attached hydrogen (secondary N) is 1. The van der Waals surface area contributed by atoms with Gasteiger partial charge in [-0.2, -0.15) is 5.10 Å². The van der Waals surface area contributed by atoms with Crippen LogP contribution in [0, 0.1) is 19.7 Å². The normalized spacial score (nSPS) is 10.5. The Morgan fingerprint density at radius 3 is 2.63 bits per heavy atom. The molecule has 100 valence electrons. The zero-order chi connectivity index (χ0) is 14.2. The fourth-order valence-corrected chi connectivity index (χ4v) is 1.92. The molecule has 2 aromatic rings. The first-order valence-electron chi connectivity index (χ1n) is 5.76. The lowest BCUT2D eigenvalue weighted by Crippen LogP contribution is -2.15. The van der Waals surface area contributed by atoms with Crippen molar-refractivity contribution in [2.24, 2.45) is 7.05 Å². The number of nitrogens with zero attached hydrogens (tertiary/aromatic N) is 2. The molecule has 0 unspecified atom stereocenters. The van der Waals surface area contributed by atoms with Crippen molar-refractivity contribution >= 4 is 17.3 Å². The Morgan fingerprint density at radius 2 is 2.11 bits per heavy atom. The third-order valence-corrected chi connectivity index (χ3v) is 2.98. The van der Waals surface area contributed by atoms with Gasteiger partial charge in [0, 0.05) is 18.4 Å². The number of nitrogens with two attached hydrogens (primary N) is 1. The van der Waals surface area contributed by atoms with Gasteiger partial charge in [0.05, 0.1) is 16.9 Å². The number of anilines is 2. The third kappa shape index (κ3) is 2.42. The van der Waals surface area contributed by atoms with Crippen LogP contribution in [0.2, 0.25) is 0 Å². The molecule has 6 heteroatoms. The number of hydrogen-bond donors (Lipinski definition) is 2. The molecule has 0 atom stereocenters. The fourth-order valence-electron chi connectivity index (χ4n) is 1.92. The average molecular weight is 262 g/mol. The lowest BCUT2D eigenvalue weighted by molar-refractivity contribution is 0.102. The molecule has 0 aliphatic heterocycles. The van der Waals surface area contributed by atoms with E-state index in [-0.39, 0.29) is 11.6 Å². The molecule has 1 aromatic carbocycles. The maximum Gasteiger partial charge on any atom is 0.259 e. The molecule has 2 rings (SSSR count).